The molecule has 2 nitrogen and oxygen atoms in total. The molecule has 0 aliphatic heterocycles. The molecule has 0 saturated carbocycles. The van der Waals surface area contributed by atoms with E-state index in [1.165, 1.54) is 4.90 Å². The van der Waals surface area contributed by atoms with Gasteiger partial charge in [-0.05, 0) is 48.4 Å². The normalized spacial score (nSPS) is 10.4. The van der Waals surface area contributed by atoms with E-state index in [0.717, 1.165) is 27.6 Å². The molecule has 0 aliphatic rings. The summed E-state index contributed by atoms with van der Waals surface area (Å²) in [5.74, 6) is 0.988. The van der Waals surface area contributed by atoms with Gasteiger partial charge in [-0.15, -0.1) is 23.5 Å². The van der Waals surface area contributed by atoms with E-state index in [2.05, 4.69) is 48.8 Å². The van der Waals surface area contributed by atoms with Gasteiger partial charge >= 0.3 is 0 Å². The van der Waals surface area contributed by atoms with Crippen LogP contribution in [0.3, 0.4) is 0 Å². The van der Waals surface area contributed by atoms with Crippen LogP contribution in [0, 0.1) is 0 Å². The van der Waals surface area contributed by atoms with Crippen LogP contribution in [-0.2, 0) is 0 Å². The standard InChI is InChI=1S/C16H18N2S3/c1-3-21-14-6-4-5-13(15(14)16(17)19)18-11-7-9-12(20-2)10-8-11/h4-10,18H,3H2,1-2H3,(H2,17,19). The number of nitrogens with two attached hydrogens (primary N) is 1. The summed E-state index contributed by atoms with van der Waals surface area (Å²) in [6.07, 6.45) is 2.07. The molecule has 2 rings (SSSR count). The van der Waals surface area contributed by atoms with E-state index in [9.17, 15) is 0 Å². The molecule has 21 heavy (non-hydrogen) atoms. The Balaban J connectivity index is 2.33. The average Bonchev–Trinajstić information content (AvgIpc) is 2.48. The highest BCUT2D eigenvalue weighted by Gasteiger charge is 2.11. The van der Waals surface area contributed by atoms with Crippen LogP contribution < -0.4 is 11.1 Å². The topological polar surface area (TPSA) is 38.0 Å². The lowest BCUT2D eigenvalue weighted by molar-refractivity contribution is 1.37. The summed E-state index contributed by atoms with van der Waals surface area (Å²) in [4.78, 5) is 2.79. The second-order valence-corrected chi connectivity index (χ2v) is 6.95. The van der Waals surface area contributed by atoms with Crippen LogP contribution in [0.1, 0.15) is 12.5 Å². The molecule has 0 radical (unpaired) electrons. The van der Waals surface area contributed by atoms with Crippen molar-refractivity contribution in [3.8, 4) is 0 Å². The van der Waals surface area contributed by atoms with Gasteiger partial charge in [-0.3, -0.25) is 0 Å². The molecule has 2 aromatic carbocycles. The monoisotopic (exact) mass is 334 g/mol. The zero-order chi connectivity index (χ0) is 15.2. The predicted octanol–water partition coefficient (Wildman–Crippen LogP) is 4.90. The Morgan fingerprint density at radius 1 is 1.19 bits per heavy atom. The highest BCUT2D eigenvalue weighted by molar-refractivity contribution is 7.99. The molecule has 3 N–H and O–H groups in total. The number of benzene rings is 2. The minimum Gasteiger partial charge on any atom is -0.389 e. The van der Waals surface area contributed by atoms with Crippen LogP contribution >= 0.6 is 35.7 Å². The number of anilines is 2. The molecule has 0 heterocycles. The molecule has 0 aromatic heterocycles. The van der Waals surface area contributed by atoms with Crippen LogP contribution in [0.25, 0.3) is 0 Å². The molecule has 0 unspecified atom stereocenters. The third kappa shape index (κ3) is 4.15. The number of rotatable bonds is 6. The first-order valence-corrected chi connectivity index (χ1v) is 9.24. The first-order chi connectivity index (χ1) is 10.2. The maximum Gasteiger partial charge on any atom is 0.107 e. The molecular weight excluding hydrogens is 316 g/mol. The Morgan fingerprint density at radius 3 is 2.48 bits per heavy atom. The fourth-order valence-electron chi connectivity index (χ4n) is 2.00. The summed E-state index contributed by atoms with van der Waals surface area (Å²) in [7, 11) is 0. The van der Waals surface area contributed by atoms with Gasteiger partial charge in [0.2, 0.25) is 0 Å². The van der Waals surface area contributed by atoms with Crippen molar-refractivity contribution in [1.82, 2.24) is 0 Å². The highest BCUT2D eigenvalue weighted by Crippen LogP contribution is 2.30. The lowest BCUT2D eigenvalue weighted by Gasteiger charge is -2.15. The maximum atomic E-state index is 5.92. The van der Waals surface area contributed by atoms with Crippen molar-refractivity contribution in [1.29, 1.82) is 0 Å². The molecule has 0 aliphatic carbocycles. The lowest BCUT2D eigenvalue weighted by atomic mass is 10.1. The summed E-state index contributed by atoms with van der Waals surface area (Å²) in [5, 5.41) is 3.41. The summed E-state index contributed by atoms with van der Waals surface area (Å²) < 4.78 is 0. The Kier molecular flexibility index (Phi) is 5.96. The zero-order valence-corrected chi connectivity index (χ0v) is 14.5. The lowest BCUT2D eigenvalue weighted by Crippen LogP contribution is -2.13. The first kappa shape index (κ1) is 16.2. The van der Waals surface area contributed by atoms with Crippen LogP contribution in [0.2, 0.25) is 0 Å². The number of hydrogen-bond donors (Lipinski definition) is 2. The third-order valence-corrected chi connectivity index (χ3v) is 4.83. The molecule has 2 aromatic rings. The second-order valence-electron chi connectivity index (χ2n) is 4.33. The number of hydrogen-bond acceptors (Lipinski definition) is 4. The van der Waals surface area contributed by atoms with E-state index in [-0.39, 0.29) is 0 Å². The molecule has 0 fully saturated rings. The van der Waals surface area contributed by atoms with Gasteiger partial charge in [0.25, 0.3) is 0 Å². The molecule has 0 bridgehead atoms. The summed E-state index contributed by atoms with van der Waals surface area (Å²) in [5.41, 5.74) is 8.83. The van der Waals surface area contributed by atoms with E-state index in [1.807, 2.05) is 12.1 Å². The largest absolute Gasteiger partial charge is 0.389 e. The van der Waals surface area contributed by atoms with Gasteiger partial charge in [-0.25, -0.2) is 0 Å². The summed E-state index contributed by atoms with van der Waals surface area (Å²) in [6, 6.07) is 14.4. The first-order valence-electron chi connectivity index (χ1n) is 6.62. The van der Waals surface area contributed by atoms with Crippen LogP contribution in [-0.4, -0.2) is 17.0 Å². The summed E-state index contributed by atoms with van der Waals surface area (Å²) >= 11 is 8.71. The second kappa shape index (κ2) is 7.73. The van der Waals surface area contributed by atoms with Gasteiger partial charge in [0, 0.05) is 26.7 Å². The Labute approximate surface area is 139 Å². The van der Waals surface area contributed by atoms with Gasteiger partial charge in [0.15, 0.2) is 0 Å². The Bertz CT molecular complexity index is 624. The molecule has 0 amide bonds. The number of thiocarbonyl (C=S) groups is 1. The molecule has 5 heteroatoms. The Morgan fingerprint density at radius 2 is 1.90 bits per heavy atom. The van der Waals surface area contributed by atoms with E-state index < -0.39 is 0 Å². The van der Waals surface area contributed by atoms with Crippen molar-refractivity contribution in [3.05, 3.63) is 48.0 Å². The molecular formula is C16H18N2S3. The van der Waals surface area contributed by atoms with E-state index >= 15 is 0 Å². The van der Waals surface area contributed by atoms with Gasteiger partial charge in [-0.1, -0.05) is 25.2 Å². The average molecular weight is 335 g/mol. The number of nitrogens with one attached hydrogen (secondary N) is 1. The van der Waals surface area contributed by atoms with E-state index in [1.54, 1.807) is 23.5 Å². The van der Waals surface area contributed by atoms with Crippen molar-refractivity contribution < 1.29 is 0 Å². The van der Waals surface area contributed by atoms with Crippen molar-refractivity contribution in [2.24, 2.45) is 5.73 Å². The minimum atomic E-state index is 0.426. The smallest absolute Gasteiger partial charge is 0.107 e. The zero-order valence-electron chi connectivity index (χ0n) is 12.1. The predicted molar refractivity (Wildman–Crippen MR) is 100 cm³/mol. The molecule has 0 spiro atoms. The molecule has 110 valence electrons. The van der Waals surface area contributed by atoms with Crippen molar-refractivity contribution in [2.75, 3.05) is 17.3 Å². The minimum absolute atomic E-state index is 0.426. The van der Waals surface area contributed by atoms with Crippen LogP contribution in [0.5, 0.6) is 0 Å². The van der Waals surface area contributed by atoms with Gasteiger partial charge in [0.1, 0.15) is 4.99 Å². The van der Waals surface area contributed by atoms with Crippen molar-refractivity contribution in [2.45, 2.75) is 16.7 Å². The van der Waals surface area contributed by atoms with E-state index in [0.29, 0.717) is 4.99 Å². The van der Waals surface area contributed by atoms with Crippen molar-refractivity contribution in [3.63, 3.8) is 0 Å². The summed E-state index contributed by atoms with van der Waals surface area (Å²) in [6.45, 7) is 2.12. The fraction of sp³-hybridized carbons (Fsp3) is 0.188. The molecule has 0 atom stereocenters. The van der Waals surface area contributed by atoms with Gasteiger partial charge < -0.3 is 11.1 Å². The van der Waals surface area contributed by atoms with E-state index in [4.69, 9.17) is 18.0 Å². The van der Waals surface area contributed by atoms with Crippen LogP contribution in [0.15, 0.2) is 52.3 Å². The molecule has 0 saturated heterocycles. The SMILES string of the molecule is CCSc1cccc(Nc2ccc(SC)cc2)c1C(N)=S. The Hall–Kier alpha value is -1.17. The van der Waals surface area contributed by atoms with Gasteiger partial charge in [-0.2, -0.15) is 0 Å². The number of thioether (sulfide) groups is 2. The van der Waals surface area contributed by atoms with Crippen LogP contribution in [0.4, 0.5) is 11.4 Å². The van der Waals surface area contributed by atoms with Gasteiger partial charge in [0.05, 0.1) is 0 Å². The quantitative estimate of drug-likeness (QED) is 0.581. The van der Waals surface area contributed by atoms with Crippen molar-refractivity contribution >= 4 is 52.1 Å². The maximum absolute atomic E-state index is 5.92. The third-order valence-electron chi connectivity index (χ3n) is 2.94. The highest BCUT2D eigenvalue weighted by atomic mass is 32.2. The fourth-order valence-corrected chi connectivity index (χ4v) is 3.54.